The molecule has 6 heteroatoms. The van der Waals surface area contributed by atoms with Crippen LogP contribution < -0.4 is 0 Å². The summed E-state index contributed by atoms with van der Waals surface area (Å²) in [7, 11) is 2.55. The maximum Gasteiger partial charge on any atom is 0.311 e. The molecule has 92 valence electrons. The molecule has 0 amide bonds. The highest BCUT2D eigenvalue weighted by molar-refractivity contribution is 5.80. The van der Waals surface area contributed by atoms with Crippen LogP contribution in [0.15, 0.2) is 0 Å². The molecule has 16 heavy (non-hydrogen) atoms. The van der Waals surface area contributed by atoms with Crippen molar-refractivity contribution >= 4 is 11.9 Å². The first kappa shape index (κ1) is 12.9. The van der Waals surface area contributed by atoms with E-state index in [2.05, 4.69) is 9.47 Å². The minimum Gasteiger partial charge on any atom is -0.469 e. The molecule has 2 unspecified atom stereocenters. The second-order valence-electron chi connectivity index (χ2n) is 3.39. The van der Waals surface area contributed by atoms with Crippen LogP contribution in [0.5, 0.6) is 0 Å². The molecule has 0 aromatic heterocycles. The first-order valence-electron chi connectivity index (χ1n) is 5.03. The summed E-state index contributed by atoms with van der Waals surface area (Å²) in [5.41, 5.74) is 0. The molecule has 1 fully saturated rings. The molecule has 0 radical (unpaired) electrons. The van der Waals surface area contributed by atoms with Gasteiger partial charge < -0.3 is 18.9 Å². The van der Waals surface area contributed by atoms with E-state index < -0.39 is 24.0 Å². The van der Waals surface area contributed by atoms with Crippen molar-refractivity contribution < 1.29 is 28.5 Å². The van der Waals surface area contributed by atoms with Gasteiger partial charge in [-0.25, -0.2) is 0 Å². The Labute approximate surface area is 93.8 Å². The molecular weight excluding hydrogens is 216 g/mol. The van der Waals surface area contributed by atoms with Gasteiger partial charge in [0.2, 0.25) is 0 Å². The predicted molar refractivity (Wildman–Crippen MR) is 52.7 cm³/mol. The number of ether oxygens (including phenoxy) is 4. The highest BCUT2D eigenvalue weighted by Crippen LogP contribution is 2.18. The van der Waals surface area contributed by atoms with E-state index >= 15 is 0 Å². The number of methoxy groups -OCH3 is 2. The van der Waals surface area contributed by atoms with Crippen molar-refractivity contribution in [3.63, 3.8) is 0 Å². The van der Waals surface area contributed by atoms with E-state index in [1.54, 1.807) is 0 Å². The van der Waals surface area contributed by atoms with Crippen LogP contribution >= 0.6 is 0 Å². The molecule has 1 rings (SSSR count). The van der Waals surface area contributed by atoms with E-state index in [0.717, 1.165) is 0 Å². The molecule has 2 atom stereocenters. The van der Waals surface area contributed by atoms with Crippen LogP contribution in [-0.2, 0) is 28.5 Å². The average Bonchev–Trinajstić information content (AvgIpc) is 2.35. The van der Waals surface area contributed by atoms with Gasteiger partial charge in [0.1, 0.15) is 0 Å². The zero-order chi connectivity index (χ0) is 12.0. The Kier molecular flexibility index (Phi) is 5.21. The summed E-state index contributed by atoms with van der Waals surface area (Å²) in [5.74, 6) is -1.62. The van der Waals surface area contributed by atoms with Crippen molar-refractivity contribution in [2.45, 2.75) is 12.5 Å². The van der Waals surface area contributed by atoms with Gasteiger partial charge in [0.25, 0.3) is 0 Å². The number of carbonyl (C=O) groups is 2. The summed E-state index contributed by atoms with van der Waals surface area (Å²) in [6.07, 6.45) is -0.503. The fourth-order valence-electron chi connectivity index (χ4n) is 1.52. The summed E-state index contributed by atoms with van der Waals surface area (Å²) < 4.78 is 19.7. The normalized spacial score (nSPS) is 22.2. The van der Waals surface area contributed by atoms with E-state index in [1.807, 2.05) is 0 Å². The third-order valence-corrected chi connectivity index (χ3v) is 2.41. The Balaban J connectivity index is 2.61. The van der Waals surface area contributed by atoms with Gasteiger partial charge in [-0.05, 0) is 0 Å². The molecule has 1 aliphatic rings. The average molecular weight is 232 g/mol. The van der Waals surface area contributed by atoms with Crippen LogP contribution in [0.4, 0.5) is 0 Å². The number of esters is 2. The van der Waals surface area contributed by atoms with Crippen LogP contribution in [0.1, 0.15) is 6.42 Å². The fourth-order valence-corrected chi connectivity index (χ4v) is 1.52. The fraction of sp³-hybridized carbons (Fsp3) is 0.800. The van der Waals surface area contributed by atoms with Crippen molar-refractivity contribution in [3.8, 4) is 0 Å². The van der Waals surface area contributed by atoms with Gasteiger partial charge in [-0.1, -0.05) is 0 Å². The molecule has 0 spiro atoms. The smallest absolute Gasteiger partial charge is 0.311 e. The van der Waals surface area contributed by atoms with E-state index in [4.69, 9.17) is 9.47 Å². The number of hydrogen-bond donors (Lipinski definition) is 0. The number of rotatable bonds is 4. The van der Waals surface area contributed by atoms with Crippen LogP contribution in [0.3, 0.4) is 0 Å². The summed E-state index contributed by atoms with van der Waals surface area (Å²) in [4.78, 5) is 22.7. The molecule has 0 N–H and O–H groups in total. The van der Waals surface area contributed by atoms with Crippen molar-refractivity contribution in [1.29, 1.82) is 0 Å². The van der Waals surface area contributed by atoms with Crippen molar-refractivity contribution in [2.24, 2.45) is 5.92 Å². The molecule has 1 aliphatic heterocycles. The lowest BCUT2D eigenvalue weighted by molar-refractivity contribution is -0.167. The van der Waals surface area contributed by atoms with Gasteiger partial charge in [-0.2, -0.15) is 0 Å². The van der Waals surface area contributed by atoms with Crippen molar-refractivity contribution in [1.82, 2.24) is 0 Å². The molecular formula is C10H16O6. The van der Waals surface area contributed by atoms with Crippen LogP contribution in [-0.4, -0.2) is 52.1 Å². The Hall–Kier alpha value is -1.14. The molecule has 0 aliphatic carbocycles. The Bertz CT molecular complexity index is 246. The minimum atomic E-state index is -0.669. The lowest BCUT2D eigenvalue weighted by atomic mass is 9.98. The van der Waals surface area contributed by atoms with E-state index in [-0.39, 0.29) is 13.0 Å². The zero-order valence-electron chi connectivity index (χ0n) is 9.43. The van der Waals surface area contributed by atoms with Crippen LogP contribution in [0.25, 0.3) is 0 Å². The standard InChI is InChI=1S/C10H16O6/c1-13-9(11)5-7(10(12)14-2)8-6-15-3-4-16-8/h7-8H,3-6H2,1-2H3. The lowest BCUT2D eigenvalue weighted by Crippen LogP contribution is -2.40. The third kappa shape index (κ3) is 3.46. The summed E-state index contributed by atoms with van der Waals surface area (Å²) in [5, 5.41) is 0. The predicted octanol–water partition coefficient (Wildman–Crippen LogP) is -0.246. The second-order valence-corrected chi connectivity index (χ2v) is 3.39. The second kappa shape index (κ2) is 6.44. The SMILES string of the molecule is COC(=O)CC(C(=O)OC)C1COCCO1. The van der Waals surface area contributed by atoms with Gasteiger partial charge in [-0.3, -0.25) is 9.59 Å². The van der Waals surface area contributed by atoms with Gasteiger partial charge in [0.15, 0.2) is 0 Å². The Morgan fingerprint density at radius 3 is 2.56 bits per heavy atom. The topological polar surface area (TPSA) is 71.1 Å². The third-order valence-electron chi connectivity index (χ3n) is 2.41. The Morgan fingerprint density at radius 1 is 1.31 bits per heavy atom. The van der Waals surface area contributed by atoms with Gasteiger partial charge in [0.05, 0.1) is 52.5 Å². The molecule has 6 nitrogen and oxygen atoms in total. The van der Waals surface area contributed by atoms with Crippen LogP contribution in [0.2, 0.25) is 0 Å². The van der Waals surface area contributed by atoms with E-state index in [0.29, 0.717) is 13.2 Å². The van der Waals surface area contributed by atoms with E-state index in [1.165, 1.54) is 14.2 Å². The summed E-state index contributed by atoms with van der Waals surface area (Å²) >= 11 is 0. The van der Waals surface area contributed by atoms with Gasteiger partial charge in [-0.15, -0.1) is 0 Å². The summed E-state index contributed by atoms with van der Waals surface area (Å²) in [6, 6.07) is 0. The zero-order valence-corrected chi connectivity index (χ0v) is 9.43. The minimum absolute atomic E-state index is 0.0583. The Morgan fingerprint density at radius 2 is 2.06 bits per heavy atom. The molecule has 0 aromatic rings. The molecule has 0 aromatic carbocycles. The van der Waals surface area contributed by atoms with Crippen LogP contribution in [0, 0.1) is 5.92 Å². The maximum atomic E-state index is 11.5. The quantitative estimate of drug-likeness (QED) is 0.623. The molecule has 1 heterocycles. The lowest BCUT2D eigenvalue weighted by Gasteiger charge is -2.28. The maximum absolute atomic E-state index is 11.5. The summed E-state index contributed by atoms with van der Waals surface area (Å²) in [6.45, 7) is 1.21. The first-order valence-corrected chi connectivity index (χ1v) is 5.03. The first-order chi connectivity index (χ1) is 7.69. The molecule has 1 saturated heterocycles. The van der Waals surface area contributed by atoms with Gasteiger partial charge in [0, 0.05) is 0 Å². The van der Waals surface area contributed by atoms with Crippen molar-refractivity contribution in [2.75, 3.05) is 34.0 Å². The number of hydrogen-bond acceptors (Lipinski definition) is 6. The molecule has 0 bridgehead atoms. The van der Waals surface area contributed by atoms with Crippen molar-refractivity contribution in [3.05, 3.63) is 0 Å². The number of carbonyl (C=O) groups excluding carboxylic acids is 2. The monoisotopic (exact) mass is 232 g/mol. The highest BCUT2D eigenvalue weighted by atomic mass is 16.6. The highest BCUT2D eigenvalue weighted by Gasteiger charge is 2.34. The molecule has 0 saturated carbocycles. The largest absolute Gasteiger partial charge is 0.469 e. The van der Waals surface area contributed by atoms with E-state index in [9.17, 15) is 9.59 Å². The van der Waals surface area contributed by atoms with Gasteiger partial charge >= 0.3 is 11.9 Å².